The van der Waals surface area contributed by atoms with Gasteiger partial charge in [0.1, 0.15) is 17.1 Å². The molecule has 0 radical (unpaired) electrons. The second-order valence-corrected chi connectivity index (χ2v) is 2.97. The second kappa shape index (κ2) is 4.65. The third-order valence-electron chi connectivity index (χ3n) is 1.95. The molecule has 0 heterocycles. The molecule has 0 amide bonds. The van der Waals surface area contributed by atoms with E-state index in [1.807, 2.05) is 0 Å². The molecule has 0 saturated carbocycles. The van der Waals surface area contributed by atoms with Crippen molar-refractivity contribution in [3.05, 3.63) is 23.3 Å². The molecule has 15 heavy (non-hydrogen) atoms. The van der Waals surface area contributed by atoms with Crippen LogP contribution in [-0.2, 0) is 11.2 Å². The molecule has 1 aromatic carbocycles. The molecule has 0 bridgehead atoms. The number of hydrogen-bond donors (Lipinski definition) is 3. The summed E-state index contributed by atoms with van der Waals surface area (Å²) in [6.07, 6.45) is 0.294. The molecule has 5 heteroatoms. The Morgan fingerprint density at radius 1 is 1.33 bits per heavy atom. The molecule has 1 aromatic rings. The van der Waals surface area contributed by atoms with E-state index >= 15 is 0 Å². The Morgan fingerprint density at radius 3 is 2.27 bits per heavy atom. The maximum atomic E-state index is 11.1. The van der Waals surface area contributed by atoms with Gasteiger partial charge < -0.3 is 20.1 Å². The van der Waals surface area contributed by atoms with E-state index in [0.717, 1.165) is 7.11 Å². The van der Waals surface area contributed by atoms with Gasteiger partial charge in [-0.1, -0.05) is 0 Å². The van der Waals surface area contributed by atoms with E-state index in [-0.39, 0.29) is 23.7 Å². The molecule has 0 aliphatic heterocycles. The van der Waals surface area contributed by atoms with Gasteiger partial charge in [0.25, 0.3) is 0 Å². The molecule has 0 saturated heterocycles. The lowest BCUT2D eigenvalue weighted by Crippen LogP contribution is -2.03. The van der Waals surface area contributed by atoms with Gasteiger partial charge in [-0.2, -0.15) is 0 Å². The molecule has 3 N–H and O–H groups in total. The molecular weight excluding hydrogens is 200 g/mol. The predicted molar refractivity (Wildman–Crippen MR) is 51.9 cm³/mol. The highest BCUT2D eigenvalue weighted by Gasteiger charge is 2.17. The third kappa shape index (κ3) is 2.38. The van der Waals surface area contributed by atoms with Gasteiger partial charge in [-0.3, -0.25) is 0 Å². The number of carbonyl (C=O) groups is 1. The molecule has 0 unspecified atom stereocenters. The molecule has 0 atom stereocenters. The van der Waals surface area contributed by atoms with E-state index in [4.69, 9.17) is 5.11 Å². The quantitative estimate of drug-likeness (QED) is 0.632. The predicted octanol–water partition coefficient (Wildman–Crippen LogP) is 0.419. The average molecular weight is 212 g/mol. The van der Waals surface area contributed by atoms with Crippen molar-refractivity contribution in [2.75, 3.05) is 13.7 Å². The number of ether oxygens (including phenoxy) is 1. The molecule has 5 nitrogen and oxygen atoms in total. The van der Waals surface area contributed by atoms with Crippen LogP contribution >= 0.6 is 0 Å². The SMILES string of the molecule is COC(=O)c1c(O)cc(CCO)cc1O. The molecule has 0 spiro atoms. The minimum atomic E-state index is -0.805. The molecule has 0 aliphatic rings. The first kappa shape index (κ1) is 11.3. The van der Waals surface area contributed by atoms with Crippen molar-refractivity contribution in [3.63, 3.8) is 0 Å². The van der Waals surface area contributed by atoms with Gasteiger partial charge >= 0.3 is 5.97 Å². The first-order valence-electron chi connectivity index (χ1n) is 4.34. The highest BCUT2D eigenvalue weighted by atomic mass is 16.5. The van der Waals surface area contributed by atoms with Crippen LogP contribution < -0.4 is 0 Å². The fourth-order valence-electron chi connectivity index (χ4n) is 1.25. The van der Waals surface area contributed by atoms with Gasteiger partial charge in [0.2, 0.25) is 0 Å². The van der Waals surface area contributed by atoms with Crippen molar-refractivity contribution in [1.29, 1.82) is 0 Å². The van der Waals surface area contributed by atoms with E-state index in [1.165, 1.54) is 12.1 Å². The van der Waals surface area contributed by atoms with Crippen LogP contribution in [0, 0.1) is 0 Å². The highest BCUT2D eigenvalue weighted by molar-refractivity contribution is 5.95. The first-order valence-corrected chi connectivity index (χ1v) is 4.34. The molecule has 0 aromatic heterocycles. The van der Waals surface area contributed by atoms with Crippen LogP contribution in [0.3, 0.4) is 0 Å². The fourth-order valence-corrected chi connectivity index (χ4v) is 1.25. The lowest BCUT2D eigenvalue weighted by Gasteiger charge is -2.07. The molecule has 0 fully saturated rings. The van der Waals surface area contributed by atoms with E-state index in [0.29, 0.717) is 12.0 Å². The van der Waals surface area contributed by atoms with E-state index < -0.39 is 5.97 Å². The summed E-state index contributed by atoms with van der Waals surface area (Å²) in [6, 6.07) is 2.62. The Labute approximate surface area is 86.5 Å². The zero-order valence-corrected chi connectivity index (χ0v) is 8.23. The van der Waals surface area contributed by atoms with Gasteiger partial charge in [0.15, 0.2) is 0 Å². The number of phenolic OH excluding ortho intramolecular Hbond substituents is 2. The van der Waals surface area contributed by atoms with Crippen molar-refractivity contribution in [2.45, 2.75) is 6.42 Å². The number of rotatable bonds is 3. The molecule has 1 rings (SSSR count). The number of benzene rings is 1. The number of methoxy groups -OCH3 is 1. The number of esters is 1. The Kier molecular flexibility index (Phi) is 3.51. The minimum Gasteiger partial charge on any atom is -0.507 e. The zero-order valence-electron chi connectivity index (χ0n) is 8.23. The van der Waals surface area contributed by atoms with Gasteiger partial charge in [-0.25, -0.2) is 4.79 Å². The fraction of sp³-hybridized carbons (Fsp3) is 0.300. The number of carbonyl (C=O) groups excluding carboxylic acids is 1. The van der Waals surface area contributed by atoms with Gasteiger partial charge in [-0.15, -0.1) is 0 Å². The van der Waals surface area contributed by atoms with Crippen molar-refractivity contribution < 1.29 is 24.9 Å². The minimum absolute atomic E-state index is 0.101. The first-order chi connectivity index (χ1) is 7.10. The topological polar surface area (TPSA) is 87.0 Å². The summed E-state index contributed by atoms with van der Waals surface area (Å²) < 4.78 is 4.39. The lowest BCUT2D eigenvalue weighted by atomic mass is 10.1. The lowest BCUT2D eigenvalue weighted by molar-refractivity contribution is 0.0594. The number of phenols is 2. The summed E-state index contributed by atoms with van der Waals surface area (Å²) in [4.78, 5) is 11.1. The van der Waals surface area contributed by atoms with Crippen LogP contribution in [0.15, 0.2) is 12.1 Å². The van der Waals surface area contributed by atoms with Crippen molar-refractivity contribution >= 4 is 5.97 Å². The monoisotopic (exact) mass is 212 g/mol. The van der Waals surface area contributed by atoms with E-state index in [2.05, 4.69) is 4.74 Å². The second-order valence-electron chi connectivity index (χ2n) is 2.97. The van der Waals surface area contributed by atoms with E-state index in [9.17, 15) is 15.0 Å². The van der Waals surface area contributed by atoms with Crippen LogP contribution in [0.25, 0.3) is 0 Å². The molecule has 82 valence electrons. The zero-order chi connectivity index (χ0) is 11.4. The van der Waals surface area contributed by atoms with Crippen LogP contribution in [-0.4, -0.2) is 35.0 Å². The maximum Gasteiger partial charge on any atom is 0.345 e. The standard InChI is InChI=1S/C10H12O5/c1-15-10(14)9-7(12)4-6(2-3-11)5-8(9)13/h4-5,11-13H,2-3H2,1H3. The maximum absolute atomic E-state index is 11.1. The summed E-state index contributed by atoms with van der Waals surface area (Å²) in [7, 11) is 1.16. The van der Waals surface area contributed by atoms with Crippen molar-refractivity contribution in [3.8, 4) is 11.5 Å². The Morgan fingerprint density at radius 2 is 1.87 bits per heavy atom. The summed E-state index contributed by atoms with van der Waals surface area (Å²) in [5, 5.41) is 27.6. The summed E-state index contributed by atoms with van der Waals surface area (Å²) in [5.74, 6) is -1.52. The number of aliphatic hydroxyl groups is 1. The molecular formula is C10H12O5. The Bertz CT molecular complexity index is 349. The summed E-state index contributed by atoms with van der Waals surface area (Å²) in [5.41, 5.74) is 0.277. The average Bonchev–Trinajstić information content (AvgIpc) is 2.16. The highest BCUT2D eigenvalue weighted by Crippen LogP contribution is 2.29. The Hall–Kier alpha value is -1.75. The van der Waals surface area contributed by atoms with E-state index in [1.54, 1.807) is 0 Å². The van der Waals surface area contributed by atoms with Crippen LogP contribution in [0.5, 0.6) is 11.5 Å². The number of aromatic hydroxyl groups is 2. The Balaban J connectivity index is 3.15. The normalized spacial score (nSPS) is 10.0. The third-order valence-corrected chi connectivity index (χ3v) is 1.95. The summed E-state index contributed by atoms with van der Waals surface area (Å²) >= 11 is 0. The van der Waals surface area contributed by atoms with Crippen molar-refractivity contribution in [2.24, 2.45) is 0 Å². The van der Waals surface area contributed by atoms with Crippen molar-refractivity contribution in [1.82, 2.24) is 0 Å². The van der Waals surface area contributed by atoms with Gasteiger partial charge in [0.05, 0.1) is 7.11 Å². The van der Waals surface area contributed by atoms with Crippen LogP contribution in [0.4, 0.5) is 0 Å². The molecule has 0 aliphatic carbocycles. The largest absolute Gasteiger partial charge is 0.507 e. The van der Waals surface area contributed by atoms with Crippen LogP contribution in [0.1, 0.15) is 15.9 Å². The van der Waals surface area contributed by atoms with Crippen LogP contribution in [0.2, 0.25) is 0 Å². The summed E-state index contributed by atoms with van der Waals surface area (Å²) in [6.45, 7) is -0.101. The van der Waals surface area contributed by atoms with Gasteiger partial charge in [0, 0.05) is 6.61 Å². The number of aliphatic hydroxyl groups excluding tert-OH is 1. The number of hydrogen-bond acceptors (Lipinski definition) is 5. The van der Waals surface area contributed by atoms with Gasteiger partial charge in [-0.05, 0) is 24.1 Å². The smallest absolute Gasteiger partial charge is 0.345 e.